The zero-order valence-electron chi connectivity index (χ0n) is 15.1. The molecule has 0 radical (unpaired) electrons. The van der Waals surface area contributed by atoms with Gasteiger partial charge in [-0.2, -0.15) is 0 Å². The minimum absolute atomic E-state index is 0.0205. The van der Waals surface area contributed by atoms with E-state index in [1.54, 1.807) is 7.11 Å². The van der Waals surface area contributed by atoms with Crippen molar-refractivity contribution < 1.29 is 14.3 Å². The third-order valence-corrected chi connectivity index (χ3v) is 3.89. The van der Waals surface area contributed by atoms with Gasteiger partial charge >= 0.3 is 0 Å². The van der Waals surface area contributed by atoms with Crippen LogP contribution in [0.15, 0.2) is 48.5 Å². The van der Waals surface area contributed by atoms with Crippen LogP contribution in [0.4, 0.5) is 5.69 Å². The van der Waals surface area contributed by atoms with Crippen molar-refractivity contribution in [3.05, 3.63) is 54.1 Å². The largest absolute Gasteiger partial charge is 0.497 e. The number of hydrogen-bond donors (Lipinski definition) is 1. The summed E-state index contributed by atoms with van der Waals surface area (Å²) in [6.45, 7) is 3.58. The maximum Gasteiger partial charge on any atom is 0.238 e. The smallest absolute Gasteiger partial charge is 0.238 e. The molecule has 25 heavy (non-hydrogen) atoms. The van der Waals surface area contributed by atoms with Crippen LogP contribution in [0.3, 0.4) is 0 Å². The topological polar surface area (TPSA) is 50.8 Å². The Balaban J connectivity index is 1.73. The van der Waals surface area contributed by atoms with Gasteiger partial charge < -0.3 is 14.8 Å². The molecule has 0 spiro atoms. The van der Waals surface area contributed by atoms with Crippen molar-refractivity contribution in [2.45, 2.75) is 13.3 Å². The summed E-state index contributed by atoms with van der Waals surface area (Å²) in [5.74, 6) is 1.57. The van der Waals surface area contributed by atoms with Gasteiger partial charge in [0.25, 0.3) is 0 Å². The summed E-state index contributed by atoms with van der Waals surface area (Å²) in [5, 5.41) is 2.98. The molecule has 0 saturated heterocycles. The Morgan fingerprint density at radius 3 is 2.44 bits per heavy atom. The van der Waals surface area contributed by atoms with Crippen LogP contribution >= 0.6 is 0 Å². The number of hydrogen-bond acceptors (Lipinski definition) is 4. The Hall–Kier alpha value is -2.53. The number of ether oxygens (including phenoxy) is 2. The number of anilines is 1. The number of likely N-dealkylation sites (N-methyl/N-ethyl adjacent to an activating group) is 1. The molecule has 0 heterocycles. The first-order valence-electron chi connectivity index (χ1n) is 8.45. The number of carbonyl (C=O) groups excluding carboxylic acids is 1. The molecular formula is C20H26N2O3. The van der Waals surface area contributed by atoms with E-state index in [9.17, 15) is 4.79 Å². The number of carbonyl (C=O) groups is 1. The molecule has 1 N–H and O–H groups in total. The molecule has 0 aromatic heterocycles. The zero-order valence-corrected chi connectivity index (χ0v) is 15.1. The summed E-state index contributed by atoms with van der Waals surface area (Å²) in [4.78, 5) is 14.1. The predicted molar refractivity (Wildman–Crippen MR) is 100 cm³/mol. The second-order valence-corrected chi connectivity index (χ2v) is 5.82. The Kier molecular flexibility index (Phi) is 7.29. The molecule has 5 nitrogen and oxygen atoms in total. The molecule has 1 amide bonds. The van der Waals surface area contributed by atoms with Crippen LogP contribution < -0.4 is 14.8 Å². The predicted octanol–water partition coefficient (Wildman–Crippen LogP) is 3.21. The summed E-state index contributed by atoms with van der Waals surface area (Å²) in [5.41, 5.74) is 2.03. The lowest BCUT2D eigenvalue weighted by Crippen LogP contribution is -2.33. The van der Waals surface area contributed by atoms with E-state index in [0.717, 1.165) is 29.2 Å². The highest BCUT2D eigenvalue weighted by Gasteiger charge is 2.09. The van der Waals surface area contributed by atoms with Crippen LogP contribution in [-0.4, -0.2) is 44.7 Å². The van der Waals surface area contributed by atoms with Gasteiger partial charge in [0.2, 0.25) is 5.91 Å². The van der Waals surface area contributed by atoms with Crippen molar-refractivity contribution in [2.24, 2.45) is 0 Å². The molecule has 2 aromatic carbocycles. The molecule has 0 aliphatic rings. The van der Waals surface area contributed by atoms with Gasteiger partial charge in [-0.15, -0.1) is 0 Å². The van der Waals surface area contributed by atoms with Gasteiger partial charge in [-0.3, -0.25) is 9.69 Å². The van der Waals surface area contributed by atoms with Gasteiger partial charge in [-0.05, 0) is 49.4 Å². The quantitative estimate of drug-likeness (QED) is 0.760. The number of aryl methyl sites for hydroxylation is 1. The summed E-state index contributed by atoms with van der Waals surface area (Å²) < 4.78 is 10.8. The van der Waals surface area contributed by atoms with E-state index in [0.29, 0.717) is 19.7 Å². The van der Waals surface area contributed by atoms with Crippen LogP contribution in [0.2, 0.25) is 0 Å². The van der Waals surface area contributed by atoms with Crippen molar-refractivity contribution >= 4 is 11.6 Å². The Morgan fingerprint density at radius 2 is 1.76 bits per heavy atom. The molecule has 134 valence electrons. The first-order valence-corrected chi connectivity index (χ1v) is 8.45. The summed E-state index contributed by atoms with van der Waals surface area (Å²) >= 11 is 0. The van der Waals surface area contributed by atoms with E-state index in [-0.39, 0.29) is 5.91 Å². The molecule has 0 saturated carbocycles. The van der Waals surface area contributed by atoms with E-state index in [4.69, 9.17) is 9.47 Å². The van der Waals surface area contributed by atoms with Crippen molar-refractivity contribution in [3.63, 3.8) is 0 Å². The fourth-order valence-corrected chi connectivity index (χ4v) is 2.46. The normalized spacial score (nSPS) is 10.6. The molecule has 0 aliphatic carbocycles. The molecule has 5 heteroatoms. The van der Waals surface area contributed by atoms with Crippen molar-refractivity contribution in [2.75, 3.05) is 39.2 Å². The highest BCUT2D eigenvalue weighted by Crippen LogP contribution is 2.17. The Bertz CT molecular complexity index is 671. The summed E-state index contributed by atoms with van der Waals surface area (Å²) in [7, 11) is 3.54. The molecule has 0 bridgehead atoms. The van der Waals surface area contributed by atoms with Gasteiger partial charge in [0, 0.05) is 12.2 Å². The van der Waals surface area contributed by atoms with Crippen LogP contribution in [0, 0.1) is 0 Å². The van der Waals surface area contributed by atoms with Gasteiger partial charge in [0.05, 0.1) is 13.7 Å². The second kappa shape index (κ2) is 9.69. The van der Waals surface area contributed by atoms with Crippen LogP contribution in [-0.2, 0) is 11.2 Å². The number of nitrogens with one attached hydrogen (secondary N) is 1. The standard InChI is InChI=1S/C20H26N2O3/c1-4-16-7-5-6-8-19(16)21-20(23)15-22(2)13-14-25-18-11-9-17(24-3)10-12-18/h5-12H,4,13-15H2,1-3H3,(H,21,23). The molecular weight excluding hydrogens is 316 g/mol. The molecule has 0 unspecified atom stereocenters. The van der Waals surface area contributed by atoms with Crippen LogP contribution in [0.25, 0.3) is 0 Å². The lowest BCUT2D eigenvalue weighted by Gasteiger charge is -2.17. The molecule has 0 atom stereocenters. The molecule has 0 aliphatic heterocycles. The Morgan fingerprint density at radius 1 is 1.08 bits per heavy atom. The van der Waals surface area contributed by atoms with Gasteiger partial charge in [0.1, 0.15) is 18.1 Å². The molecule has 2 rings (SSSR count). The lowest BCUT2D eigenvalue weighted by molar-refractivity contribution is -0.117. The number of amides is 1. The van der Waals surface area contributed by atoms with E-state index < -0.39 is 0 Å². The zero-order chi connectivity index (χ0) is 18.1. The highest BCUT2D eigenvalue weighted by molar-refractivity contribution is 5.92. The van der Waals surface area contributed by atoms with Gasteiger partial charge in [-0.1, -0.05) is 25.1 Å². The number of nitrogens with zero attached hydrogens (tertiary/aromatic N) is 1. The highest BCUT2D eigenvalue weighted by atomic mass is 16.5. The first-order chi connectivity index (χ1) is 12.1. The van der Waals surface area contributed by atoms with Crippen molar-refractivity contribution in [1.29, 1.82) is 0 Å². The first kappa shape index (κ1) is 18.8. The second-order valence-electron chi connectivity index (χ2n) is 5.82. The van der Waals surface area contributed by atoms with E-state index in [1.165, 1.54) is 0 Å². The van der Waals surface area contributed by atoms with Crippen LogP contribution in [0.5, 0.6) is 11.5 Å². The van der Waals surface area contributed by atoms with Gasteiger partial charge in [0.15, 0.2) is 0 Å². The maximum absolute atomic E-state index is 12.2. The van der Waals surface area contributed by atoms with Crippen molar-refractivity contribution in [3.8, 4) is 11.5 Å². The van der Waals surface area contributed by atoms with Gasteiger partial charge in [-0.25, -0.2) is 0 Å². The maximum atomic E-state index is 12.2. The fourth-order valence-electron chi connectivity index (χ4n) is 2.46. The molecule has 2 aromatic rings. The van der Waals surface area contributed by atoms with E-state index in [2.05, 4.69) is 12.2 Å². The van der Waals surface area contributed by atoms with E-state index >= 15 is 0 Å². The summed E-state index contributed by atoms with van der Waals surface area (Å²) in [6.07, 6.45) is 0.891. The minimum Gasteiger partial charge on any atom is -0.497 e. The number of para-hydroxylation sites is 1. The van der Waals surface area contributed by atoms with Crippen molar-refractivity contribution in [1.82, 2.24) is 4.90 Å². The monoisotopic (exact) mass is 342 g/mol. The molecule has 0 fully saturated rings. The third kappa shape index (κ3) is 6.12. The fraction of sp³-hybridized carbons (Fsp3) is 0.350. The number of methoxy groups -OCH3 is 1. The Labute approximate surface area is 149 Å². The average molecular weight is 342 g/mol. The SMILES string of the molecule is CCc1ccccc1NC(=O)CN(C)CCOc1ccc(OC)cc1. The number of benzene rings is 2. The number of rotatable bonds is 9. The van der Waals surface area contributed by atoms with Crippen LogP contribution in [0.1, 0.15) is 12.5 Å². The minimum atomic E-state index is -0.0205. The van der Waals surface area contributed by atoms with E-state index in [1.807, 2.05) is 60.5 Å². The average Bonchev–Trinajstić information content (AvgIpc) is 2.62. The third-order valence-electron chi connectivity index (χ3n) is 3.89. The lowest BCUT2D eigenvalue weighted by atomic mass is 10.1. The summed E-state index contributed by atoms with van der Waals surface area (Å²) in [6, 6.07) is 15.3.